The molecule has 3 rings (SSSR count). The van der Waals surface area contributed by atoms with Crippen LogP contribution >= 0.6 is 34.4 Å². The van der Waals surface area contributed by atoms with Gasteiger partial charge >= 0.3 is 5.97 Å². The van der Waals surface area contributed by atoms with Crippen LogP contribution in [0.5, 0.6) is 0 Å². The fourth-order valence-electron chi connectivity index (χ4n) is 2.16. The molecule has 0 radical (unpaired) electrons. The Morgan fingerprint density at radius 3 is 2.71 bits per heavy atom. The maximum atomic E-state index is 13.0. The zero-order valence-electron chi connectivity index (χ0n) is 14.8. The summed E-state index contributed by atoms with van der Waals surface area (Å²) in [5.74, 6) is -0.648. The van der Waals surface area contributed by atoms with E-state index in [-0.39, 0.29) is 29.9 Å². The van der Waals surface area contributed by atoms with E-state index in [1.807, 2.05) is 0 Å². The number of nitrogens with zero attached hydrogens (tertiary/aromatic N) is 2. The van der Waals surface area contributed by atoms with Crippen LogP contribution in [-0.2, 0) is 20.7 Å². The lowest BCUT2D eigenvalue weighted by Gasteiger charge is -2.00. The molecule has 0 saturated heterocycles. The van der Waals surface area contributed by atoms with Crippen LogP contribution in [0, 0.1) is 5.82 Å². The Kier molecular flexibility index (Phi) is 7.12. The van der Waals surface area contributed by atoms with Crippen molar-refractivity contribution in [3.8, 4) is 11.3 Å². The molecule has 28 heavy (non-hydrogen) atoms. The van der Waals surface area contributed by atoms with E-state index in [4.69, 9.17) is 4.74 Å². The van der Waals surface area contributed by atoms with E-state index in [9.17, 15) is 14.0 Å². The third kappa shape index (κ3) is 5.85. The third-order valence-corrected chi connectivity index (χ3v) is 6.21. The summed E-state index contributed by atoms with van der Waals surface area (Å²) >= 11 is 3.98. The fourth-order valence-corrected chi connectivity index (χ4v) is 4.54. The standard InChI is InChI=1S/C18H16FN3O3S3/c1-2-25-16(24)7-13-8-27-18(20-13)28-10-15(23)22-17-21-14(9-26-17)11-3-5-12(19)6-4-11/h3-6,8-9H,2,7,10H2,1H3,(H,21,22,23). The summed E-state index contributed by atoms with van der Waals surface area (Å²) in [4.78, 5) is 32.3. The van der Waals surface area contributed by atoms with Gasteiger partial charge in [-0.05, 0) is 31.2 Å². The normalized spacial score (nSPS) is 10.6. The Hall–Kier alpha value is -2.30. The van der Waals surface area contributed by atoms with Crippen molar-refractivity contribution in [1.82, 2.24) is 9.97 Å². The lowest BCUT2D eigenvalue weighted by molar-refractivity contribution is -0.142. The van der Waals surface area contributed by atoms with Crippen molar-refractivity contribution in [3.05, 3.63) is 46.5 Å². The summed E-state index contributed by atoms with van der Waals surface area (Å²) in [6.45, 7) is 2.09. The number of nitrogens with one attached hydrogen (secondary N) is 1. The van der Waals surface area contributed by atoms with Crippen LogP contribution in [0.15, 0.2) is 39.4 Å². The Bertz CT molecular complexity index is 956. The van der Waals surface area contributed by atoms with Crippen LogP contribution in [0.2, 0.25) is 0 Å². The van der Waals surface area contributed by atoms with Crippen molar-refractivity contribution in [2.24, 2.45) is 0 Å². The molecule has 1 amide bonds. The van der Waals surface area contributed by atoms with Crippen LogP contribution in [0.4, 0.5) is 9.52 Å². The van der Waals surface area contributed by atoms with Crippen molar-refractivity contribution >= 4 is 51.4 Å². The molecule has 146 valence electrons. The number of aromatic nitrogens is 2. The van der Waals surface area contributed by atoms with E-state index in [2.05, 4.69) is 15.3 Å². The molecule has 3 aromatic rings. The molecule has 1 N–H and O–H groups in total. The van der Waals surface area contributed by atoms with Gasteiger partial charge in [0.05, 0.1) is 30.2 Å². The number of carbonyl (C=O) groups is 2. The lowest BCUT2D eigenvalue weighted by atomic mass is 10.2. The molecule has 0 atom stereocenters. The van der Waals surface area contributed by atoms with Crippen molar-refractivity contribution in [3.63, 3.8) is 0 Å². The number of thioether (sulfide) groups is 1. The van der Waals surface area contributed by atoms with Crippen molar-refractivity contribution < 1.29 is 18.7 Å². The van der Waals surface area contributed by atoms with Crippen LogP contribution in [-0.4, -0.2) is 34.2 Å². The van der Waals surface area contributed by atoms with Gasteiger partial charge in [-0.2, -0.15) is 0 Å². The zero-order valence-corrected chi connectivity index (χ0v) is 17.3. The fraction of sp³-hybridized carbons (Fsp3) is 0.222. The zero-order chi connectivity index (χ0) is 19.9. The Morgan fingerprint density at radius 1 is 1.18 bits per heavy atom. The number of hydrogen-bond donors (Lipinski definition) is 1. The quantitative estimate of drug-likeness (QED) is 0.419. The Labute approximate surface area is 173 Å². The molecule has 10 heteroatoms. The summed E-state index contributed by atoms with van der Waals surface area (Å²) in [5, 5.41) is 6.81. The van der Waals surface area contributed by atoms with E-state index in [0.717, 1.165) is 5.56 Å². The highest BCUT2D eigenvalue weighted by molar-refractivity contribution is 8.01. The van der Waals surface area contributed by atoms with Crippen molar-refractivity contribution in [2.75, 3.05) is 17.7 Å². The average molecular weight is 438 g/mol. The summed E-state index contributed by atoms with van der Waals surface area (Å²) in [6.07, 6.45) is 0.127. The molecule has 6 nitrogen and oxygen atoms in total. The van der Waals surface area contributed by atoms with Gasteiger partial charge in [-0.3, -0.25) is 9.59 Å². The maximum absolute atomic E-state index is 13.0. The van der Waals surface area contributed by atoms with Crippen molar-refractivity contribution in [1.29, 1.82) is 0 Å². The molecule has 1 aromatic carbocycles. The van der Waals surface area contributed by atoms with E-state index in [0.29, 0.717) is 27.5 Å². The number of rotatable bonds is 8. The number of benzene rings is 1. The van der Waals surface area contributed by atoms with Crippen LogP contribution in [0.1, 0.15) is 12.6 Å². The smallest absolute Gasteiger partial charge is 0.311 e. The maximum Gasteiger partial charge on any atom is 0.311 e. The Balaban J connectivity index is 1.49. The minimum absolute atomic E-state index is 0.127. The number of halogens is 1. The molecule has 0 bridgehead atoms. The second-order valence-electron chi connectivity index (χ2n) is 5.47. The molecule has 0 saturated carbocycles. The van der Waals surface area contributed by atoms with Crippen molar-refractivity contribution in [2.45, 2.75) is 17.7 Å². The molecule has 0 aliphatic heterocycles. The monoisotopic (exact) mass is 437 g/mol. The first kappa shape index (κ1) is 20.4. The summed E-state index contributed by atoms with van der Waals surface area (Å²) in [7, 11) is 0. The van der Waals surface area contributed by atoms with Crippen LogP contribution < -0.4 is 5.32 Å². The van der Waals surface area contributed by atoms with Gasteiger partial charge in [0, 0.05) is 16.3 Å². The predicted molar refractivity (Wildman–Crippen MR) is 109 cm³/mol. The molecular weight excluding hydrogens is 421 g/mol. The Morgan fingerprint density at radius 2 is 1.96 bits per heavy atom. The number of esters is 1. The van der Waals surface area contributed by atoms with Gasteiger partial charge in [0.2, 0.25) is 5.91 Å². The minimum atomic E-state index is -0.317. The highest BCUT2D eigenvalue weighted by Crippen LogP contribution is 2.26. The first-order valence-electron chi connectivity index (χ1n) is 8.27. The number of hydrogen-bond acceptors (Lipinski definition) is 8. The SMILES string of the molecule is CCOC(=O)Cc1csc(SCC(=O)Nc2nc(-c3ccc(F)cc3)cs2)n1. The first-order chi connectivity index (χ1) is 13.5. The van der Waals surface area contributed by atoms with E-state index in [1.54, 1.807) is 29.8 Å². The van der Waals surface area contributed by atoms with E-state index < -0.39 is 0 Å². The summed E-state index contributed by atoms with van der Waals surface area (Å²) < 4.78 is 18.6. The van der Waals surface area contributed by atoms with Crippen LogP contribution in [0.3, 0.4) is 0 Å². The van der Waals surface area contributed by atoms with Gasteiger partial charge in [0.1, 0.15) is 5.82 Å². The highest BCUT2D eigenvalue weighted by atomic mass is 32.2. The number of anilines is 1. The summed E-state index contributed by atoms with van der Waals surface area (Å²) in [5.41, 5.74) is 2.09. The molecule has 0 aliphatic carbocycles. The predicted octanol–water partition coefficient (Wildman–Crippen LogP) is 4.24. The molecule has 0 unspecified atom stereocenters. The summed E-state index contributed by atoms with van der Waals surface area (Å²) in [6, 6.07) is 6.02. The second kappa shape index (κ2) is 9.76. The van der Waals surface area contributed by atoms with Gasteiger partial charge in [-0.1, -0.05) is 11.8 Å². The lowest BCUT2D eigenvalue weighted by Crippen LogP contribution is -2.13. The number of amides is 1. The van der Waals surface area contributed by atoms with E-state index >= 15 is 0 Å². The minimum Gasteiger partial charge on any atom is -0.466 e. The van der Waals surface area contributed by atoms with Gasteiger partial charge in [0.15, 0.2) is 9.47 Å². The third-order valence-electron chi connectivity index (χ3n) is 3.38. The van der Waals surface area contributed by atoms with E-state index in [1.165, 1.54) is 46.6 Å². The van der Waals surface area contributed by atoms with Gasteiger partial charge in [-0.25, -0.2) is 14.4 Å². The number of ether oxygens (including phenoxy) is 1. The topological polar surface area (TPSA) is 81.2 Å². The number of carbonyl (C=O) groups excluding carboxylic acids is 2. The first-order valence-corrected chi connectivity index (χ1v) is 11.0. The molecular formula is C18H16FN3O3S3. The molecule has 0 spiro atoms. The molecule has 2 aromatic heterocycles. The molecule has 0 aliphatic rings. The average Bonchev–Trinajstić information content (AvgIpc) is 3.30. The number of thiazole rings is 2. The van der Waals surface area contributed by atoms with Crippen LogP contribution in [0.25, 0.3) is 11.3 Å². The molecule has 0 fully saturated rings. The highest BCUT2D eigenvalue weighted by Gasteiger charge is 2.12. The second-order valence-corrected chi connectivity index (χ2v) is 8.41. The van der Waals surface area contributed by atoms with Gasteiger partial charge in [0.25, 0.3) is 0 Å². The molecule has 2 heterocycles. The largest absolute Gasteiger partial charge is 0.466 e. The van der Waals surface area contributed by atoms with Gasteiger partial charge < -0.3 is 10.1 Å². The van der Waals surface area contributed by atoms with Gasteiger partial charge in [-0.15, -0.1) is 22.7 Å².